The second-order valence-corrected chi connectivity index (χ2v) is 4.52. The van der Waals surface area contributed by atoms with Crippen molar-refractivity contribution < 1.29 is 31.9 Å². The van der Waals surface area contributed by atoms with Gasteiger partial charge in [-0.25, -0.2) is 13.6 Å². The first-order valence-corrected chi connectivity index (χ1v) is 6.39. The molecule has 1 rings (SSSR count). The number of benzene rings is 1. The van der Waals surface area contributed by atoms with Crippen LogP contribution in [-0.4, -0.2) is 30.0 Å². The molecule has 0 aliphatic rings. The third kappa shape index (κ3) is 4.55. The fourth-order valence-electron chi connectivity index (χ4n) is 1.71. The first-order valence-electron chi connectivity index (χ1n) is 6.39. The zero-order valence-electron chi connectivity index (χ0n) is 11.5. The van der Waals surface area contributed by atoms with Crippen LogP contribution in [0.4, 0.5) is 26.7 Å². The number of amides is 2. The molecule has 0 aliphatic heterocycles. The van der Waals surface area contributed by atoms with E-state index in [1.54, 1.807) is 12.2 Å². The Morgan fingerprint density at radius 3 is 2.41 bits per heavy atom. The second kappa shape index (κ2) is 7.39. The van der Waals surface area contributed by atoms with E-state index in [1.807, 2.05) is 0 Å². The van der Waals surface area contributed by atoms with Crippen molar-refractivity contribution in [3.63, 3.8) is 0 Å². The molecule has 0 spiro atoms. The SMILES string of the molecule is CC[C@H](CO)NC(=O)N[C@H](c1cccc(F)c1F)C(F)(F)F. The van der Waals surface area contributed by atoms with Gasteiger partial charge in [0.2, 0.25) is 0 Å². The highest BCUT2D eigenvalue weighted by molar-refractivity contribution is 5.75. The largest absolute Gasteiger partial charge is 0.413 e. The Balaban J connectivity index is 3.01. The van der Waals surface area contributed by atoms with Crippen molar-refractivity contribution in [2.24, 2.45) is 0 Å². The summed E-state index contributed by atoms with van der Waals surface area (Å²) in [7, 11) is 0. The molecule has 0 aromatic heterocycles. The molecular formula is C13H15F5N2O2. The Morgan fingerprint density at radius 2 is 1.91 bits per heavy atom. The lowest BCUT2D eigenvalue weighted by atomic mass is 10.1. The van der Waals surface area contributed by atoms with Crippen molar-refractivity contribution in [2.45, 2.75) is 31.6 Å². The standard InChI is InChI=1S/C13H15F5N2O2/c1-2-7(6-21)19-12(22)20-11(13(16,17)18)8-4-3-5-9(14)10(8)15/h3-5,7,11,21H,2,6H2,1H3,(H2,19,20,22)/t7-,11-/m1/s1. The number of hydrogen-bond acceptors (Lipinski definition) is 2. The Bertz CT molecular complexity index is 518. The van der Waals surface area contributed by atoms with Gasteiger partial charge in [0.15, 0.2) is 17.7 Å². The average molecular weight is 326 g/mol. The highest BCUT2D eigenvalue weighted by Gasteiger charge is 2.43. The average Bonchev–Trinajstić information content (AvgIpc) is 2.44. The molecule has 0 saturated heterocycles. The van der Waals surface area contributed by atoms with Crippen molar-refractivity contribution in [1.82, 2.24) is 10.6 Å². The van der Waals surface area contributed by atoms with E-state index in [2.05, 4.69) is 5.32 Å². The van der Waals surface area contributed by atoms with E-state index < -0.39 is 48.1 Å². The number of aliphatic hydroxyl groups excluding tert-OH is 1. The minimum atomic E-state index is -5.02. The zero-order chi connectivity index (χ0) is 16.9. The molecule has 22 heavy (non-hydrogen) atoms. The maximum absolute atomic E-state index is 13.5. The number of rotatable bonds is 5. The summed E-state index contributed by atoms with van der Waals surface area (Å²) < 4.78 is 65.6. The Labute approximate surface area is 123 Å². The van der Waals surface area contributed by atoms with Gasteiger partial charge in [0, 0.05) is 5.56 Å². The molecule has 1 aromatic carbocycles. The van der Waals surface area contributed by atoms with E-state index >= 15 is 0 Å². The van der Waals surface area contributed by atoms with Gasteiger partial charge >= 0.3 is 12.2 Å². The molecule has 0 radical (unpaired) electrons. The molecule has 0 heterocycles. The normalized spacial score (nSPS) is 14.3. The highest BCUT2D eigenvalue weighted by atomic mass is 19.4. The number of alkyl halides is 3. The predicted molar refractivity (Wildman–Crippen MR) is 68.0 cm³/mol. The van der Waals surface area contributed by atoms with Crippen LogP contribution in [-0.2, 0) is 0 Å². The molecule has 0 fully saturated rings. The second-order valence-electron chi connectivity index (χ2n) is 4.52. The van der Waals surface area contributed by atoms with E-state index in [-0.39, 0.29) is 6.42 Å². The van der Waals surface area contributed by atoms with Gasteiger partial charge < -0.3 is 15.7 Å². The monoisotopic (exact) mass is 326 g/mol. The molecule has 0 unspecified atom stereocenters. The summed E-state index contributed by atoms with van der Waals surface area (Å²) in [6.07, 6.45) is -4.73. The van der Waals surface area contributed by atoms with Crippen LogP contribution in [0.25, 0.3) is 0 Å². The fourth-order valence-corrected chi connectivity index (χ4v) is 1.71. The van der Waals surface area contributed by atoms with E-state index in [0.717, 1.165) is 12.1 Å². The summed E-state index contributed by atoms with van der Waals surface area (Å²) in [4.78, 5) is 11.5. The summed E-state index contributed by atoms with van der Waals surface area (Å²) in [5.41, 5.74) is -1.03. The van der Waals surface area contributed by atoms with E-state index in [9.17, 15) is 26.7 Å². The molecular weight excluding hydrogens is 311 g/mol. The summed E-state index contributed by atoms with van der Waals surface area (Å²) in [5, 5.41) is 12.5. The van der Waals surface area contributed by atoms with Crippen LogP contribution in [0.1, 0.15) is 24.9 Å². The first kappa shape index (κ1) is 18.1. The van der Waals surface area contributed by atoms with E-state index in [1.165, 1.54) is 0 Å². The topological polar surface area (TPSA) is 61.4 Å². The lowest BCUT2D eigenvalue weighted by molar-refractivity contribution is -0.155. The summed E-state index contributed by atoms with van der Waals surface area (Å²) in [5.74, 6) is -3.13. The van der Waals surface area contributed by atoms with Gasteiger partial charge in [-0.2, -0.15) is 13.2 Å². The Kier molecular flexibility index (Phi) is 6.10. The molecule has 2 atom stereocenters. The molecule has 2 amide bonds. The highest BCUT2D eigenvalue weighted by Crippen LogP contribution is 2.34. The molecule has 1 aromatic rings. The van der Waals surface area contributed by atoms with Gasteiger partial charge in [-0.15, -0.1) is 0 Å². The van der Waals surface area contributed by atoms with Crippen molar-refractivity contribution >= 4 is 6.03 Å². The van der Waals surface area contributed by atoms with Gasteiger partial charge in [0.05, 0.1) is 12.6 Å². The third-order valence-electron chi connectivity index (χ3n) is 2.94. The number of hydrogen-bond donors (Lipinski definition) is 3. The molecule has 9 heteroatoms. The van der Waals surface area contributed by atoms with Crippen molar-refractivity contribution in [3.05, 3.63) is 35.4 Å². The van der Waals surface area contributed by atoms with Crippen LogP contribution in [0.2, 0.25) is 0 Å². The van der Waals surface area contributed by atoms with Crippen LogP contribution in [0.15, 0.2) is 18.2 Å². The van der Waals surface area contributed by atoms with Gasteiger partial charge in [-0.3, -0.25) is 0 Å². The number of aliphatic hydroxyl groups is 1. The lowest BCUT2D eigenvalue weighted by Gasteiger charge is -2.24. The number of urea groups is 1. The minimum Gasteiger partial charge on any atom is -0.394 e. The quantitative estimate of drug-likeness (QED) is 0.729. The van der Waals surface area contributed by atoms with Crippen molar-refractivity contribution in [3.8, 4) is 0 Å². The van der Waals surface area contributed by atoms with Crippen LogP contribution >= 0.6 is 0 Å². The minimum absolute atomic E-state index is 0.287. The maximum atomic E-state index is 13.5. The van der Waals surface area contributed by atoms with Crippen LogP contribution in [0, 0.1) is 11.6 Å². The molecule has 124 valence electrons. The van der Waals surface area contributed by atoms with E-state index in [4.69, 9.17) is 5.11 Å². The van der Waals surface area contributed by atoms with Crippen molar-refractivity contribution in [2.75, 3.05) is 6.61 Å². The van der Waals surface area contributed by atoms with E-state index in [0.29, 0.717) is 6.07 Å². The Morgan fingerprint density at radius 1 is 1.27 bits per heavy atom. The molecule has 0 bridgehead atoms. The smallest absolute Gasteiger partial charge is 0.394 e. The van der Waals surface area contributed by atoms with Crippen LogP contribution < -0.4 is 10.6 Å². The number of carbonyl (C=O) groups is 1. The lowest BCUT2D eigenvalue weighted by Crippen LogP contribution is -2.48. The summed E-state index contributed by atoms with van der Waals surface area (Å²) in [6, 6.07) is -2.38. The number of halogens is 5. The molecule has 4 nitrogen and oxygen atoms in total. The van der Waals surface area contributed by atoms with Crippen molar-refractivity contribution in [1.29, 1.82) is 0 Å². The van der Waals surface area contributed by atoms with Gasteiger partial charge in [0.25, 0.3) is 0 Å². The molecule has 0 aliphatic carbocycles. The fraction of sp³-hybridized carbons (Fsp3) is 0.462. The van der Waals surface area contributed by atoms with Gasteiger partial charge in [-0.1, -0.05) is 19.1 Å². The summed E-state index contributed by atoms with van der Waals surface area (Å²) >= 11 is 0. The number of carbonyl (C=O) groups excluding carboxylic acids is 1. The van der Waals surface area contributed by atoms with Crippen LogP contribution in [0.5, 0.6) is 0 Å². The Hall–Kier alpha value is -1.90. The third-order valence-corrected chi connectivity index (χ3v) is 2.94. The van der Waals surface area contributed by atoms with Crippen LogP contribution in [0.3, 0.4) is 0 Å². The predicted octanol–water partition coefficient (Wildman–Crippen LogP) is 2.64. The molecule has 0 saturated carbocycles. The first-order chi connectivity index (χ1) is 10.2. The van der Waals surface area contributed by atoms with Gasteiger partial charge in [-0.05, 0) is 12.5 Å². The van der Waals surface area contributed by atoms with Gasteiger partial charge in [0.1, 0.15) is 0 Å². The number of nitrogens with one attached hydrogen (secondary N) is 2. The molecule has 3 N–H and O–H groups in total. The summed E-state index contributed by atoms with van der Waals surface area (Å²) in [6.45, 7) is 1.14. The zero-order valence-corrected chi connectivity index (χ0v) is 11.5. The maximum Gasteiger partial charge on any atom is 0.413 e.